The summed E-state index contributed by atoms with van der Waals surface area (Å²) in [5.74, 6) is -0.290. The number of nitrogens with zero attached hydrogens (tertiary/aromatic N) is 4. The van der Waals surface area contributed by atoms with Crippen LogP contribution in [0.5, 0.6) is 5.75 Å². The van der Waals surface area contributed by atoms with Crippen LogP contribution in [0.4, 0.5) is 11.5 Å². The lowest BCUT2D eigenvalue weighted by molar-refractivity contribution is -0.122. The third kappa shape index (κ3) is 7.84. The van der Waals surface area contributed by atoms with Gasteiger partial charge >= 0.3 is 0 Å². The summed E-state index contributed by atoms with van der Waals surface area (Å²) >= 11 is 13.2. The maximum Gasteiger partial charge on any atom is 0.258 e. The normalized spacial score (nSPS) is 11.0. The highest BCUT2D eigenvalue weighted by molar-refractivity contribution is 6.38. The third-order valence-electron chi connectivity index (χ3n) is 6.89. The highest BCUT2D eigenvalue weighted by Gasteiger charge is 2.19. The number of carbonyl (C=O) groups is 3. The number of aromatic nitrogens is 3. The molecule has 0 aliphatic rings. The molecule has 0 aliphatic carbocycles. The van der Waals surface area contributed by atoms with Gasteiger partial charge in [0, 0.05) is 53.4 Å². The maximum atomic E-state index is 13.0. The molecular formula is C34H28Cl2N6O4. The summed E-state index contributed by atoms with van der Waals surface area (Å²) in [6, 6.07) is 19.4. The molecule has 3 amide bonds. The van der Waals surface area contributed by atoms with Gasteiger partial charge in [0.05, 0.1) is 22.8 Å². The smallest absolute Gasteiger partial charge is 0.258 e. The Kier molecular flexibility index (Phi) is 10.2. The quantitative estimate of drug-likeness (QED) is 0.170. The van der Waals surface area contributed by atoms with E-state index in [0.717, 1.165) is 16.6 Å². The first-order chi connectivity index (χ1) is 22.2. The van der Waals surface area contributed by atoms with Crippen LogP contribution in [0.1, 0.15) is 27.2 Å². The fraction of sp³-hybridized carbons (Fsp3) is 0.118. The van der Waals surface area contributed by atoms with Gasteiger partial charge in [-0.15, -0.1) is 0 Å². The Morgan fingerprint density at radius 2 is 1.83 bits per heavy atom. The first-order valence-corrected chi connectivity index (χ1v) is 14.8. The number of pyridine rings is 3. The molecule has 0 radical (unpaired) electrons. The molecule has 0 saturated carbocycles. The van der Waals surface area contributed by atoms with Crippen molar-refractivity contribution in [2.24, 2.45) is 0 Å². The number of amides is 3. The minimum atomic E-state index is -0.481. The number of fused-ring (bicyclic) bond motifs is 1. The van der Waals surface area contributed by atoms with Crippen LogP contribution in [0.25, 0.3) is 17.0 Å². The molecule has 0 unspecified atom stereocenters. The lowest BCUT2D eigenvalue weighted by Crippen LogP contribution is -2.37. The second-order valence-electron chi connectivity index (χ2n) is 10.1. The molecule has 0 saturated heterocycles. The predicted octanol–water partition coefficient (Wildman–Crippen LogP) is 6.26. The molecule has 3 aromatic heterocycles. The molecule has 0 bridgehead atoms. The van der Waals surface area contributed by atoms with Gasteiger partial charge in [-0.05, 0) is 67.1 Å². The zero-order valence-electron chi connectivity index (χ0n) is 24.8. The predicted molar refractivity (Wildman–Crippen MR) is 179 cm³/mol. The molecule has 2 N–H and O–H groups in total. The van der Waals surface area contributed by atoms with E-state index in [1.807, 2.05) is 37.3 Å². The number of hydrogen-bond donors (Lipinski definition) is 2. The van der Waals surface area contributed by atoms with Gasteiger partial charge in [0.2, 0.25) is 11.8 Å². The number of benzene rings is 2. The third-order valence-corrected chi connectivity index (χ3v) is 7.66. The zero-order chi connectivity index (χ0) is 32.6. The van der Waals surface area contributed by atoms with Gasteiger partial charge in [0.1, 0.15) is 23.7 Å². The number of para-hydroxylation sites is 1. The van der Waals surface area contributed by atoms with E-state index in [1.165, 1.54) is 23.4 Å². The lowest BCUT2D eigenvalue weighted by atomic mass is 10.1. The molecule has 46 heavy (non-hydrogen) atoms. The van der Waals surface area contributed by atoms with Crippen LogP contribution in [0.3, 0.4) is 0 Å². The Balaban J connectivity index is 1.16. The van der Waals surface area contributed by atoms with Gasteiger partial charge in [-0.3, -0.25) is 19.4 Å². The van der Waals surface area contributed by atoms with E-state index in [9.17, 15) is 14.4 Å². The summed E-state index contributed by atoms with van der Waals surface area (Å²) in [6.07, 6.45) is 7.36. The molecule has 2 aromatic carbocycles. The topological polar surface area (TPSA) is 126 Å². The number of anilines is 2. The molecule has 0 aliphatic heterocycles. The van der Waals surface area contributed by atoms with E-state index in [1.54, 1.807) is 55.7 Å². The van der Waals surface area contributed by atoms with E-state index in [-0.39, 0.29) is 24.1 Å². The Bertz CT molecular complexity index is 1930. The second kappa shape index (κ2) is 14.6. The van der Waals surface area contributed by atoms with Crippen LogP contribution in [-0.4, -0.2) is 46.3 Å². The Morgan fingerprint density at radius 1 is 0.978 bits per heavy atom. The van der Waals surface area contributed by atoms with Crippen LogP contribution in [-0.2, 0) is 16.2 Å². The van der Waals surface area contributed by atoms with Gasteiger partial charge in [0.15, 0.2) is 0 Å². The van der Waals surface area contributed by atoms with Crippen LogP contribution in [0.2, 0.25) is 10.0 Å². The highest BCUT2D eigenvalue weighted by Crippen LogP contribution is 2.35. The number of aryl methyl sites for hydroxylation is 1. The average Bonchev–Trinajstić information content (AvgIpc) is 3.07. The lowest BCUT2D eigenvalue weighted by Gasteiger charge is -2.21. The van der Waals surface area contributed by atoms with Crippen LogP contribution >= 0.6 is 23.2 Å². The van der Waals surface area contributed by atoms with Crippen molar-refractivity contribution in [2.45, 2.75) is 13.5 Å². The minimum absolute atomic E-state index is 0.0521. The minimum Gasteiger partial charge on any atom is -0.487 e. The summed E-state index contributed by atoms with van der Waals surface area (Å²) in [6.45, 7) is 1.68. The van der Waals surface area contributed by atoms with Crippen molar-refractivity contribution in [1.82, 2.24) is 20.3 Å². The van der Waals surface area contributed by atoms with Gasteiger partial charge in [0.25, 0.3) is 5.91 Å². The molecule has 5 rings (SSSR count). The number of halogens is 2. The van der Waals surface area contributed by atoms with Crippen molar-refractivity contribution >= 4 is 69.4 Å². The van der Waals surface area contributed by atoms with E-state index in [2.05, 4.69) is 25.6 Å². The molecule has 0 fully saturated rings. The van der Waals surface area contributed by atoms with Crippen molar-refractivity contribution in [2.75, 3.05) is 23.8 Å². The average molecular weight is 656 g/mol. The van der Waals surface area contributed by atoms with Crippen molar-refractivity contribution in [3.05, 3.63) is 124 Å². The van der Waals surface area contributed by atoms with Crippen LogP contribution in [0.15, 0.2) is 91.4 Å². The number of carbonyl (C=O) groups excluding carboxylic acids is 3. The van der Waals surface area contributed by atoms with E-state index in [4.69, 9.17) is 27.9 Å². The molecular weight excluding hydrogens is 627 g/mol. The number of ether oxygens (including phenoxy) is 1. The number of rotatable bonds is 10. The zero-order valence-corrected chi connectivity index (χ0v) is 26.3. The van der Waals surface area contributed by atoms with Gasteiger partial charge < -0.3 is 20.3 Å². The van der Waals surface area contributed by atoms with Crippen molar-refractivity contribution < 1.29 is 19.1 Å². The molecule has 0 atom stereocenters. The van der Waals surface area contributed by atoms with Crippen LogP contribution < -0.4 is 20.3 Å². The van der Waals surface area contributed by atoms with E-state index >= 15 is 0 Å². The number of likely N-dealkylation sites (N-methyl/N-ethyl adjacent to an activating group) is 1. The Labute approximate surface area is 275 Å². The summed E-state index contributed by atoms with van der Waals surface area (Å²) in [7, 11) is 1.56. The SMILES string of the molecule is Cc1ccc2cccc(OCc3c(Cl)ccc(N(C)C(=O)CNC(=O)/C=C/c4ccc(NC(=O)c5cccnc5)nc4)c3Cl)c2n1. The molecule has 10 nitrogen and oxygen atoms in total. The number of hydrogen-bond acceptors (Lipinski definition) is 7. The second-order valence-corrected chi connectivity index (χ2v) is 10.9. The Hall–Kier alpha value is -5.32. The molecule has 3 heterocycles. The summed E-state index contributed by atoms with van der Waals surface area (Å²) in [5.41, 5.74) is 3.53. The summed E-state index contributed by atoms with van der Waals surface area (Å²) < 4.78 is 6.08. The Morgan fingerprint density at radius 3 is 2.59 bits per heavy atom. The maximum absolute atomic E-state index is 13.0. The van der Waals surface area contributed by atoms with Gasteiger partial charge in [-0.25, -0.2) is 9.97 Å². The summed E-state index contributed by atoms with van der Waals surface area (Å²) in [5, 5.41) is 6.83. The fourth-order valence-corrected chi connectivity index (χ4v) is 4.98. The van der Waals surface area contributed by atoms with Gasteiger partial charge in [-0.1, -0.05) is 41.4 Å². The van der Waals surface area contributed by atoms with E-state index in [0.29, 0.717) is 39.0 Å². The monoisotopic (exact) mass is 654 g/mol. The highest BCUT2D eigenvalue weighted by atomic mass is 35.5. The number of nitrogens with one attached hydrogen (secondary N) is 2. The van der Waals surface area contributed by atoms with E-state index < -0.39 is 11.8 Å². The standard InChI is InChI=1S/C34H28Cl2N6O4/c1-21-8-11-23-5-3-7-28(33(23)40-21)46-20-25-26(35)12-13-27(32(25)36)42(2)31(44)19-39-30(43)15-10-22-9-14-29(38-17-22)41-34(45)24-6-4-16-37-18-24/h3-18H,19-20H2,1-2H3,(H,39,43)(H,38,41,45)/b15-10+. The largest absolute Gasteiger partial charge is 0.487 e. The first kappa shape index (κ1) is 32.1. The van der Waals surface area contributed by atoms with Crippen LogP contribution in [0, 0.1) is 6.92 Å². The molecule has 12 heteroatoms. The van der Waals surface area contributed by atoms with Gasteiger partial charge in [-0.2, -0.15) is 0 Å². The molecule has 5 aromatic rings. The fourth-order valence-electron chi connectivity index (χ4n) is 4.37. The molecule has 0 spiro atoms. The first-order valence-electron chi connectivity index (χ1n) is 14.1. The van der Waals surface area contributed by atoms with Crippen molar-refractivity contribution in [3.8, 4) is 5.75 Å². The summed E-state index contributed by atoms with van der Waals surface area (Å²) in [4.78, 5) is 51.7. The molecule has 232 valence electrons. The van der Waals surface area contributed by atoms with Crippen molar-refractivity contribution in [3.63, 3.8) is 0 Å². The van der Waals surface area contributed by atoms with Crippen molar-refractivity contribution in [1.29, 1.82) is 0 Å².